The normalized spacial score (nSPS) is 33.3. The van der Waals surface area contributed by atoms with Crippen LogP contribution in [0, 0.1) is 5.92 Å². The number of carbonyl (C=O) groups is 1. The van der Waals surface area contributed by atoms with Crippen molar-refractivity contribution in [1.82, 2.24) is 15.1 Å². The molecule has 1 aromatic rings. The molecule has 0 aromatic heterocycles. The summed E-state index contributed by atoms with van der Waals surface area (Å²) in [6, 6.07) is 10.2. The molecule has 1 saturated heterocycles. The van der Waals surface area contributed by atoms with Gasteiger partial charge < -0.3 is 15.1 Å². The monoisotopic (exact) mass is 369 g/mol. The molecule has 2 fully saturated rings. The number of benzene rings is 1. The molecule has 0 bridgehead atoms. The molecule has 5 heteroatoms. The van der Waals surface area contributed by atoms with Crippen molar-refractivity contribution in [2.45, 2.75) is 24.0 Å². The number of carbonyl (C=O) groups excluding carboxylic acids is 1. The Bertz CT molecular complexity index is 710. The number of amides is 1. The molecule has 2 atom stereocenters. The lowest BCUT2D eigenvalue weighted by Gasteiger charge is -2.32. The van der Waals surface area contributed by atoms with Crippen LogP contribution in [0.1, 0.15) is 17.9 Å². The zero-order valence-corrected chi connectivity index (χ0v) is 15.9. The maximum Gasteiger partial charge on any atom is 0.236 e. The second kappa shape index (κ2) is 7.56. The first-order valence-electron chi connectivity index (χ1n) is 9.87. The van der Waals surface area contributed by atoms with Crippen molar-refractivity contribution >= 4 is 5.91 Å². The molecule has 4 nitrogen and oxygen atoms in total. The fourth-order valence-electron chi connectivity index (χ4n) is 4.06. The third kappa shape index (κ3) is 4.14. The van der Waals surface area contributed by atoms with Gasteiger partial charge in [0.2, 0.25) is 5.91 Å². The molecule has 1 saturated carbocycles. The average Bonchev–Trinajstić information content (AvgIpc) is 3.49. The van der Waals surface area contributed by atoms with Gasteiger partial charge in [-0.05, 0) is 31.2 Å². The van der Waals surface area contributed by atoms with E-state index in [1.54, 1.807) is 12.2 Å². The van der Waals surface area contributed by atoms with Gasteiger partial charge in [-0.2, -0.15) is 0 Å². The van der Waals surface area contributed by atoms with E-state index in [0.29, 0.717) is 6.54 Å². The summed E-state index contributed by atoms with van der Waals surface area (Å²) in [5, 5.41) is 3.27. The van der Waals surface area contributed by atoms with Crippen LogP contribution in [0.15, 0.2) is 54.6 Å². The number of alkyl halides is 1. The second-order valence-corrected chi connectivity index (χ2v) is 8.00. The van der Waals surface area contributed by atoms with Crippen LogP contribution in [-0.2, 0) is 4.79 Å². The first-order valence-corrected chi connectivity index (χ1v) is 9.87. The number of rotatable bonds is 5. The van der Waals surface area contributed by atoms with Crippen molar-refractivity contribution in [1.29, 1.82) is 0 Å². The Kier molecular flexibility index (Phi) is 5.15. The number of nitrogens with one attached hydrogen (secondary N) is 1. The second-order valence-electron chi connectivity index (χ2n) is 8.00. The maximum absolute atomic E-state index is 15.3. The van der Waals surface area contributed by atoms with Gasteiger partial charge in [0.1, 0.15) is 0 Å². The van der Waals surface area contributed by atoms with Gasteiger partial charge in [0.15, 0.2) is 5.67 Å². The van der Waals surface area contributed by atoms with Crippen LogP contribution in [0.2, 0.25) is 0 Å². The number of piperazine rings is 1. The van der Waals surface area contributed by atoms with Crippen molar-refractivity contribution < 1.29 is 9.18 Å². The molecular weight excluding hydrogens is 341 g/mol. The largest absolute Gasteiger partial charge is 0.339 e. The summed E-state index contributed by atoms with van der Waals surface area (Å²) in [5.41, 5.74) is -0.227. The Morgan fingerprint density at radius 1 is 1.15 bits per heavy atom. The standard InChI is InChI=1S/C22H28FN3O/c1-25-11-13-26(14-12-25)21(27)16-24-20-15-19(20)22(23)9-7-18(8-10-22)17-5-3-2-4-6-17/h2-10,18-20,24H,11-16H2,1H3. The van der Waals surface area contributed by atoms with Crippen LogP contribution in [0.5, 0.6) is 0 Å². The van der Waals surface area contributed by atoms with E-state index in [0.717, 1.165) is 32.6 Å². The highest BCUT2D eigenvalue weighted by molar-refractivity contribution is 5.78. The van der Waals surface area contributed by atoms with Crippen LogP contribution in [0.4, 0.5) is 4.39 Å². The number of allylic oxidation sites excluding steroid dienone is 4. The van der Waals surface area contributed by atoms with Crippen molar-refractivity contribution in [3.63, 3.8) is 0 Å². The third-order valence-electron chi connectivity index (χ3n) is 6.03. The van der Waals surface area contributed by atoms with Gasteiger partial charge in [-0.1, -0.05) is 42.5 Å². The summed E-state index contributed by atoms with van der Waals surface area (Å²) in [4.78, 5) is 16.5. The first-order chi connectivity index (χ1) is 13.0. The van der Waals surface area contributed by atoms with Gasteiger partial charge in [0.25, 0.3) is 0 Å². The van der Waals surface area contributed by atoms with E-state index in [1.165, 1.54) is 5.56 Å². The Morgan fingerprint density at radius 2 is 1.81 bits per heavy atom. The summed E-state index contributed by atoms with van der Waals surface area (Å²) < 4.78 is 15.3. The summed E-state index contributed by atoms with van der Waals surface area (Å²) >= 11 is 0. The molecule has 2 aliphatic carbocycles. The van der Waals surface area contributed by atoms with E-state index in [1.807, 2.05) is 35.3 Å². The van der Waals surface area contributed by atoms with E-state index in [4.69, 9.17) is 0 Å². The lowest BCUT2D eigenvalue weighted by Crippen LogP contribution is -2.49. The predicted molar refractivity (Wildman–Crippen MR) is 105 cm³/mol. The minimum Gasteiger partial charge on any atom is -0.339 e. The Balaban J connectivity index is 1.26. The molecule has 1 heterocycles. The van der Waals surface area contributed by atoms with Gasteiger partial charge in [0, 0.05) is 44.1 Å². The molecule has 27 heavy (non-hydrogen) atoms. The zero-order valence-electron chi connectivity index (χ0n) is 15.9. The highest BCUT2D eigenvalue weighted by Gasteiger charge is 2.51. The number of nitrogens with zero attached hydrogens (tertiary/aromatic N) is 2. The van der Waals surface area contributed by atoms with E-state index in [2.05, 4.69) is 29.4 Å². The lowest BCUT2D eigenvalue weighted by molar-refractivity contribution is -0.131. The molecular formula is C22H28FN3O. The molecule has 1 amide bonds. The molecule has 0 spiro atoms. The minimum absolute atomic E-state index is 0.0778. The summed E-state index contributed by atoms with van der Waals surface area (Å²) in [5.74, 6) is 0.182. The number of hydrogen-bond acceptors (Lipinski definition) is 3. The van der Waals surface area contributed by atoms with E-state index in [9.17, 15) is 4.79 Å². The highest BCUT2D eigenvalue weighted by atomic mass is 19.1. The van der Waals surface area contributed by atoms with E-state index >= 15 is 4.39 Å². The Labute approximate surface area is 160 Å². The number of likely N-dealkylation sites (N-methyl/N-ethyl adjacent to an activating group) is 1. The quantitative estimate of drug-likeness (QED) is 0.810. The zero-order chi connectivity index (χ0) is 18.9. The molecule has 1 N–H and O–H groups in total. The molecule has 0 radical (unpaired) electrons. The van der Waals surface area contributed by atoms with Crippen molar-refractivity contribution in [3.8, 4) is 0 Å². The van der Waals surface area contributed by atoms with Gasteiger partial charge in [0.05, 0.1) is 6.54 Å². The number of halogens is 1. The van der Waals surface area contributed by atoms with Crippen LogP contribution >= 0.6 is 0 Å². The van der Waals surface area contributed by atoms with E-state index in [-0.39, 0.29) is 23.8 Å². The van der Waals surface area contributed by atoms with Crippen molar-refractivity contribution in [2.24, 2.45) is 5.92 Å². The van der Waals surface area contributed by atoms with Gasteiger partial charge >= 0.3 is 0 Å². The molecule has 1 aliphatic heterocycles. The Morgan fingerprint density at radius 3 is 2.48 bits per heavy atom. The van der Waals surface area contributed by atoms with Crippen LogP contribution in [-0.4, -0.2) is 67.2 Å². The molecule has 144 valence electrons. The first kappa shape index (κ1) is 18.4. The molecule has 2 unspecified atom stereocenters. The Hall–Kier alpha value is -1.98. The fourth-order valence-corrected chi connectivity index (χ4v) is 4.06. The third-order valence-corrected chi connectivity index (χ3v) is 6.03. The topological polar surface area (TPSA) is 35.6 Å². The maximum atomic E-state index is 15.3. The van der Waals surface area contributed by atoms with Crippen LogP contribution in [0.25, 0.3) is 0 Å². The number of hydrogen-bond donors (Lipinski definition) is 1. The summed E-state index contributed by atoms with van der Waals surface area (Å²) in [7, 11) is 2.07. The summed E-state index contributed by atoms with van der Waals surface area (Å²) in [6.07, 6.45) is 8.11. The molecule has 1 aromatic carbocycles. The van der Waals surface area contributed by atoms with Crippen LogP contribution < -0.4 is 5.32 Å². The minimum atomic E-state index is -1.40. The van der Waals surface area contributed by atoms with Gasteiger partial charge in [-0.25, -0.2) is 4.39 Å². The lowest BCUT2D eigenvalue weighted by atomic mass is 9.86. The van der Waals surface area contributed by atoms with Gasteiger partial charge in [-0.15, -0.1) is 0 Å². The predicted octanol–water partition coefficient (Wildman–Crippen LogP) is 2.36. The van der Waals surface area contributed by atoms with E-state index < -0.39 is 5.67 Å². The fraction of sp³-hybridized carbons (Fsp3) is 0.500. The average molecular weight is 369 g/mol. The molecule has 3 aliphatic rings. The molecule has 4 rings (SSSR count). The highest BCUT2D eigenvalue weighted by Crippen LogP contribution is 2.46. The SMILES string of the molecule is CN1CCN(C(=O)CNC2CC2C2(F)C=CC(c3ccccc3)C=C2)CC1. The van der Waals surface area contributed by atoms with Crippen molar-refractivity contribution in [3.05, 3.63) is 60.2 Å². The smallest absolute Gasteiger partial charge is 0.236 e. The van der Waals surface area contributed by atoms with Crippen molar-refractivity contribution in [2.75, 3.05) is 39.8 Å². The summed E-state index contributed by atoms with van der Waals surface area (Å²) in [6.45, 7) is 3.71. The van der Waals surface area contributed by atoms with Gasteiger partial charge in [-0.3, -0.25) is 4.79 Å². The van der Waals surface area contributed by atoms with Crippen LogP contribution in [0.3, 0.4) is 0 Å².